The van der Waals surface area contributed by atoms with E-state index >= 15 is 0 Å². The Hall–Kier alpha value is -1.19. The lowest BCUT2D eigenvalue weighted by Crippen LogP contribution is -2.11. The molecule has 1 aromatic heterocycles. The molecule has 2 rings (SSSR count). The van der Waals surface area contributed by atoms with Gasteiger partial charge in [-0.1, -0.05) is 0 Å². The number of fused-ring (bicyclic) bond motifs is 1. The van der Waals surface area contributed by atoms with Crippen molar-refractivity contribution in [2.24, 2.45) is 0 Å². The van der Waals surface area contributed by atoms with Crippen molar-refractivity contribution in [2.75, 3.05) is 0 Å². The molecule has 4 heteroatoms. The summed E-state index contributed by atoms with van der Waals surface area (Å²) in [4.78, 5) is 10.8. The number of carbonyl (C=O) groups is 1. The summed E-state index contributed by atoms with van der Waals surface area (Å²) in [5, 5.41) is 4.15. The van der Waals surface area contributed by atoms with Crippen LogP contribution in [0.3, 0.4) is 0 Å². The van der Waals surface area contributed by atoms with Crippen LogP contribution < -0.4 is 0 Å². The first kappa shape index (κ1) is 10.3. The molecule has 3 nitrogen and oxygen atoms in total. The van der Waals surface area contributed by atoms with E-state index in [9.17, 15) is 9.18 Å². The maximum absolute atomic E-state index is 14.1. The summed E-state index contributed by atoms with van der Waals surface area (Å²) in [6.07, 6.45) is 1.77. The van der Waals surface area contributed by atoms with E-state index in [1.165, 1.54) is 6.92 Å². The van der Waals surface area contributed by atoms with Crippen LogP contribution >= 0.6 is 0 Å². The van der Waals surface area contributed by atoms with Crippen LogP contribution in [-0.4, -0.2) is 16.1 Å². The van der Waals surface area contributed by atoms with E-state index < -0.39 is 5.67 Å². The Labute approximate surface area is 88.3 Å². The first-order valence-electron chi connectivity index (χ1n) is 5.23. The van der Waals surface area contributed by atoms with Crippen LogP contribution in [0, 0.1) is 0 Å². The molecule has 0 spiro atoms. The van der Waals surface area contributed by atoms with Gasteiger partial charge >= 0.3 is 0 Å². The summed E-state index contributed by atoms with van der Waals surface area (Å²) in [6, 6.07) is 0.168. The average molecular weight is 210 g/mol. The number of hydrogen-bond acceptors (Lipinski definition) is 2. The predicted molar refractivity (Wildman–Crippen MR) is 54.8 cm³/mol. The van der Waals surface area contributed by atoms with Gasteiger partial charge in [-0.05, 0) is 33.6 Å². The van der Waals surface area contributed by atoms with E-state index in [1.54, 1.807) is 4.68 Å². The van der Waals surface area contributed by atoms with E-state index in [0.717, 1.165) is 5.69 Å². The third kappa shape index (κ3) is 1.39. The summed E-state index contributed by atoms with van der Waals surface area (Å²) in [6.45, 7) is 5.49. The highest BCUT2D eigenvalue weighted by Gasteiger charge is 2.40. The lowest BCUT2D eigenvalue weighted by Gasteiger charge is -2.11. The second-order valence-electron chi connectivity index (χ2n) is 4.56. The van der Waals surface area contributed by atoms with Crippen molar-refractivity contribution in [1.29, 1.82) is 0 Å². The fourth-order valence-corrected chi connectivity index (χ4v) is 2.28. The highest BCUT2D eigenvalue weighted by Crippen LogP contribution is 2.42. The predicted octanol–water partition coefficient (Wildman–Crippen LogP) is 2.41. The monoisotopic (exact) mass is 210 g/mol. The van der Waals surface area contributed by atoms with Gasteiger partial charge in [-0.25, -0.2) is 4.39 Å². The molecular weight excluding hydrogens is 195 g/mol. The number of rotatable bonds is 2. The minimum Gasteiger partial charge on any atom is -0.296 e. The van der Waals surface area contributed by atoms with Crippen LogP contribution in [0.15, 0.2) is 0 Å². The van der Waals surface area contributed by atoms with Gasteiger partial charge in [0.25, 0.3) is 0 Å². The highest BCUT2D eigenvalue weighted by atomic mass is 19.1. The van der Waals surface area contributed by atoms with Crippen LogP contribution in [-0.2, 0) is 12.1 Å². The smallest absolute Gasteiger partial charge is 0.170 e. The van der Waals surface area contributed by atoms with Crippen molar-refractivity contribution in [2.45, 2.75) is 45.3 Å². The number of aromatic nitrogens is 2. The van der Waals surface area contributed by atoms with E-state index in [2.05, 4.69) is 5.10 Å². The minimum atomic E-state index is -1.39. The molecule has 0 aliphatic heterocycles. The number of aldehydes is 1. The maximum Gasteiger partial charge on any atom is 0.170 e. The van der Waals surface area contributed by atoms with Crippen molar-refractivity contribution in [3.8, 4) is 0 Å². The molecule has 1 aliphatic carbocycles. The maximum atomic E-state index is 14.1. The summed E-state index contributed by atoms with van der Waals surface area (Å²) < 4.78 is 15.9. The Morgan fingerprint density at radius 2 is 2.27 bits per heavy atom. The standard InChI is InChI=1S/C11H15FN2O/c1-7(2)14-9-4-5-11(3,12)10(9)8(6-15)13-14/h6-7H,4-5H2,1-3H3. The molecular formula is C11H15FN2O. The van der Waals surface area contributed by atoms with Crippen molar-refractivity contribution in [3.63, 3.8) is 0 Å². The molecule has 0 saturated heterocycles. The zero-order valence-corrected chi connectivity index (χ0v) is 9.25. The Balaban J connectivity index is 2.63. The zero-order chi connectivity index (χ0) is 11.2. The Morgan fingerprint density at radius 3 is 2.80 bits per heavy atom. The first-order chi connectivity index (χ1) is 6.97. The van der Waals surface area contributed by atoms with Gasteiger partial charge in [-0.2, -0.15) is 5.10 Å². The van der Waals surface area contributed by atoms with Gasteiger partial charge in [0.1, 0.15) is 11.4 Å². The Bertz CT molecular complexity index is 407. The zero-order valence-electron chi connectivity index (χ0n) is 9.25. The molecule has 0 aromatic carbocycles. The highest BCUT2D eigenvalue weighted by molar-refractivity contribution is 5.76. The topological polar surface area (TPSA) is 34.9 Å². The second kappa shape index (κ2) is 3.15. The van der Waals surface area contributed by atoms with Gasteiger partial charge in [-0.3, -0.25) is 9.48 Å². The average Bonchev–Trinajstić information content (AvgIpc) is 2.65. The quantitative estimate of drug-likeness (QED) is 0.702. The van der Waals surface area contributed by atoms with Gasteiger partial charge in [-0.15, -0.1) is 0 Å². The second-order valence-corrected chi connectivity index (χ2v) is 4.56. The molecule has 1 unspecified atom stereocenters. The summed E-state index contributed by atoms with van der Waals surface area (Å²) >= 11 is 0. The molecule has 0 saturated carbocycles. The molecule has 1 aromatic rings. The SMILES string of the molecule is CC(C)n1nc(C=O)c2c1CCC2(C)F. The molecule has 0 fully saturated rings. The summed E-state index contributed by atoms with van der Waals surface area (Å²) in [7, 11) is 0. The molecule has 0 N–H and O–H groups in total. The van der Waals surface area contributed by atoms with Gasteiger partial charge < -0.3 is 0 Å². The minimum absolute atomic E-state index is 0.168. The van der Waals surface area contributed by atoms with Gasteiger partial charge in [0.2, 0.25) is 0 Å². The summed E-state index contributed by atoms with van der Waals surface area (Å²) in [5.41, 5.74) is 0.267. The molecule has 1 heterocycles. The lowest BCUT2D eigenvalue weighted by atomic mass is 10.0. The van der Waals surface area contributed by atoms with Crippen molar-refractivity contribution in [3.05, 3.63) is 17.0 Å². The van der Waals surface area contributed by atoms with E-state index in [4.69, 9.17) is 0 Å². The molecule has 1 aliphatic rings. The number of alkyl halides is 1. The van der Waals surface area contributed by atoms with E-state index in [1.807, 2.05) is 13.8 Å². The third-order valence-corrected chi connectivity index (χ3v) is 2.99. The largest absolute Gasteiger partial charge is 0.296 e. The number of nitrogens with zero attached hydrogens (tertiary/aromatic N) is 2. The molecule has 82 valence electrons. The molecule has 0 amide bonds. The molecule has 1 atom stereocenters. The van der Waals surface area contributed by atoms with Gasteiger partial charge in [0.15, 0.2) is 6.29 Å². The van der Waals surface area contributed by atoms with Crippen molar-refractivity contribution in [1.82, 2.24) is 9.78 Å². The number of halogens is 1. The number of hydrogen-bond donors (Lipinski definition) is 0. The van der Waals surface area contributed by atoms with Crippen molar-refractivity contribution < 1.29 is 9.18 Å². The first-order valence-corrected chi connectivity index (χ1v) is 5.23. The molecule has 15 heavy (non-hydrogen) atoms. The van der Waals surface area contributed by atoms with Gasteiger partial charge in [0, 0.05) is 17.3 Å². The van der Waals surface area contributed by atoms with E-state index in [0.29, 0.717) is 24.7 Å². The fraction of sp³-hybridized carbons (Fsp3) is 0.636. The van der Waals surface area contributed by atoms with Crippen molar-refractivity contribution >= 4 is 6.29 Å². The fourth-order valence-electron chi connectivity index (χ4n) is 2.28. The Morgan fingerprint density at radius 1 is 1.60 bits per heavy atom. The lowest BCUT2D eigenvalue weighted by molar-refractivity contribution is 0.111. The van der Waals surface area contributed by atoms with E-state index in [-0.39, 0.29) is 11.7 Å². The van der Waals surface area contributed by atoms with Crippen LogP contribution in [0.2, 0.25) is 0 Å². The molecule has 0 bridgehead atoms. The Kier molecular flexibility index (Phi) is 2.17. The van der Waals surface area contributed by atoms with Crippen LogP contribution in [0.25, 0.3) is 0 Å². The molecule has 0 radical (unpaired) electrons. The summed E-state index contributed by atoms with van der Waals surface area (Å²) in [5.74, 6) is 0. The van der Waals surface area contributed by atoms with Crippen LogP contribution in [0.4, 0.5) is 4.39 Å². The normalized spacial score (nSPS) is 24.6. The number of carbonyl (C=O) groups excluding carboxylic acids is 1. The van der Waals surface area contributed by atoms with Gasteiger partial charge in [0.05, 0.1) is 0 Å². The third-order valence-electron chi connectivity index (χ3n) is 2.99. The van der Waals surface area contributed by atoms with Crippen LogP contribution in [0.1, 0.15) is 55.0 Å². The van der Waals surface area contributed by atoms with Crippen LogP contribution in [0.5, 0.6) is 0 Å².